The molecule has 0 bridgehead atoms. The number of fused-ring (bicyclic) bond motifs is 1. The topological polar surface area (TPSA) is 158 Å². The van der Waals surface area contributed by atoms with E-state index in [0.717, 1.165) is 16.6 Å². The average Bonchev–Trinajstić information content (AvgIpc) is 3.62. The zero-order chi connectivity index (χ0) is 29.1. The van der Waals surface area contributed by atoms with Gasteiger partial charge in [0.2, 0.25) is 15.9 Å². The number of carbonyl (C=O) groups is 3. The van der Waals surface area contributed by atoms with E-state index in [2.05, 4.69) is 15.3 Å². The molecule has 0 spiro atoms. The Morgan fingerprint density at radius 3 is 2.33 bits per heavy atom. The van der Waals surface area contributed by atoms with Crippen molar-refractivity contribution in [2.45, 2.75) is 30.3 Å². The molecular weight excluding hydrogens is 573 g/mol. The number of sulfonamides is 1. The molecule has 3 heterocycles. The molecule has 0 aliphatic carbocycles. The van der Waals surface area contributed by atoms with Gasteiger partial charge in [0, 0.05) is 0 Å². The van der Waals surface area contributed by atoms with Crippen molar-refractivity contribution < 1.29 is 41.1 Å². The number of carboxylic acids is 1. The van der Waals surface area contributed by atoms with Crippen molar-refractivity contribution in [1.29, 1.82) is 0 Å². The number of H-pyrrole nitrogens is 1. The molecule has 5 rings (SSSR count). The van der Waals surface area contributed by atoms with Crippen molar-refractivity contribution in [3.05, 3.63) is 87.9 Å². The number of carbonyl (C=O) groups excluding carboxylic acids is 2. The van der Waals surface area contributed by atoms with Gasteiger partial charge in [-0.2, -0.15) is 13.2 Å². The number of halogens is 3. The summed E-state index contributed by atoms with van der Waals surface area (Å²) in [5.74, 6) is -2.80. The van der Waals surface area contributed by atoms with Crippen LogP contribution in [0.5, 0.6) is 0 Å². The van der Waals surface area contributed by atoms with Gasteiger partial charge >= 0.3 is 12.1 Å². The molecule has 4 aromatic rings. The third-order valence-corrected chi connectivity index (χ3v) is 8.39. The van der Waals surface area contributed by atoms with Crippen molar-refractivity contribution in [2.75, 3.05) is 0 Å². The summed E-state index contributed by atoms with van der Waals surface area (Å²) in [4.78, 5) is 41.8. The molecule has 10 nitrogen and oxygen atoms in total. The number of aromatic amines is 1. The maximum atomic E-state index is 12.8. The monoisotopic (exact) mass is 594 g/mol. The SMILES string of the molecule is O=C(O)C(F)(F)F.O=C1CC(c2ccc(C[C@H](NC(=O)c3cccs3)c3nc4ccccc4[nH]3)cc2)S(=O)(=O)N1. The number of thiophene rings is 1. The first-order valence-electron chi connectivity index (χ1n) is 11.6. The number of aromatic nitrogens is 2. The highest BCUT2D eigenvalue weighted by Gasteiger charge is 2.38. The van der Waals surface area contributed by atoms with Crippen molar-refractivity contribution >= 4 is 50.2 Å². The van der Waals surface area contributed by atoms with Crippen LogP contribution in [0.1, 0.15) is 44.3 Å². The number of hydrogen-bond donors (Lipinski definition) is 4. The second-order valence-electron chi connectivity index (χ2n) is 8.65. The van der Waals surface area contributed by atoms with Gasteiger partial charge in [0.1, 0.15) is 11.1 Å². The highest BCUT2D eigenvalue weighted by molar-refractivity contribution is 7.90. The Bertz CT molecular complexity index is 1600. The van der Waals surface area contributed by atoms with Gasteiger partial charge < -0.3 is 15.4 Å². The Kier molecular flexibility index (Phi) is 8.25. The molecule has 2 aromatic carbocycles. The summed E-state index contributed by atoms with van der Waals surface area (Å²) in [5.41, 5.74) is 3.13. The third-order valence-electron chi connectivity index (χ3n) is 5.82. The van der Waals surface area contributed by atoms with Gasteiger partial charge in [-0.15, -0.1) is 11.3 Å². The van der Waals surface area contributed by atoms with E-state index in [1.807, 2.05) is 52.6 Å². The summed E-state index contributed by atoms with van der Waals surface area (Å²) >= 11 is 1.36. The lowest BCUT2D eigenvalue weighted by Crippen LogP contribution is -2.30. The highest BCUT2D eigenvalue weighted by Crippen LogP contribution is 2.30. The first-order chi connectivity index (χ1) is 18.8. The largest absolute Gasteiger partial charge is 0.490 e. The zero-order valence-corrected chi connectivity index (χ0v) is 21.9. The van der Waals surface area contributed by atoms with E-state index in [0.29, 0.717) is 22.7 Å². The normalized spacial score (nSPS) is 17.0. The van der Waals surface area contributed by atoms with Crippen molar-refractivity contribution in [2.24, 2.45) is 0 Å². The van der Waals surface area contributed by atoms with Crippen LogP contribution in [0.15, 0.2) is 66.0 Å². The van der Waals surface area contributed by atoms with E-state index < -0.39 is 39.4 Å². The van der Waals surface area contributed by atoms with Crippen LogP contribution in [-0.4, -0.2) is 47.5 Å². The van der Waals surface area contributed by atoms with Crippen LogP contribution in [0, 0.1) is 0 Å². The van der Waals surface area contributed by atoms with Crippen LogP contribution < -0.4 is 10.0 Å². The number of rotatable bonds is 6. The molecule has 0 radical (unpaired) electrons. The molecule has 4 N–H and O–H groups in total. The van der Waals surface area contributed by atoms with Crippen LogP contribution in [-0.2, 0) is 26.0 Å². The Labute approximate surface area is 229 Å². The lowest BCUT2D eigenvalue weighted by Gasteiger charge is -2.17. The number of nitrogens with zero attached hydrogens (tertiary/aromatic N) is 1. The number of amides is 2. The Balaban J connectivity index is 0.000000470. The summed E-state index contributed by atoms with van der Waals surface area (Å²) in [7, 11) is -3.69. The first-order valence-corrected chi connectivity index (χ1v) is 14.0. The van der Waals surface area contributed by atoms with Gasteiger partial charge in [0.05, 0.1) is 28.4 Å². The van der Waals surface area contributed by atoms with Gasteiger partial charge in [-0.05, 0) is 41.1 Å². The van der Waals surface area contributed by atoms with Gasteiger partial charge in [0.15, 0.2) is 0 Å². The van der Waals surface area contributed by atoms with E-state index in [-0.39, 0.29) is 12.3 Å². The van der Waals surface area contributed by atoms with E-state index in [1.54, 1.807) is 18.2 Å². The molecule has 1 unspecified atom stereocenters. The lowest BCUT2D eigenvalue weighted by atomic mass is 10.0. The molecular formula is C25H21F3N4O6S2. The van der Waals surface area contributed by atoms with E-state index in [9.17, 15) is 31.2 Å². The number of para-hydroxylation sites is 2. The lowest BCUT2D eigenvalue weighted by molar-refractivity contribution is -0.192. The highest BCUT2D eigenvalue weighted by atomic mass is 32.2. The molecule has 40 heavy (non-hydrogen) atoms. The second kappa shape index (κ2) is 11.5. The number of aliphatic carboxylic acids is 1. The molecule has 1 saturated heterocycles. The Hall–Kier alpha value is -4.24. The third kappa shape index (κ3) is 6.84. The number of carboxylic acid groups (broad SMARTS) is 1. The molecule has 2 aromatic heterocycles. The molecule has 1 aliphatic rings. The summed E-state index contributed by atoms with van der Waals surface area (Å²) in [6.45, 7) is 0. The standard InChI is InChI=1S/C23H20N4O4S2.C2HF3O2/c28-21-13-20(33(30,31)27-21)15-9-7-14(8-10-15)12-18(26-23(29)19-6-3-11-32-19)22-24-16-4-1-2-5-17(16)25-22;3-2(4,5)1(6)7/h1-11,18,20H,12-13H2,(H,24,25)(H,26,29)(H,27,28);(H,6,7)/t18-,20?;/m0./s1. The molecule has 210 valence electrons. The number of benzene rings is 2. The van der Waals surface area contributed by atoms with E-state index >= 15 is 0 Å². The number of hydrogen-bond acceptors (Lipinski definition) is 7. The summed E-state index contributed by atoms with van der Waals surface area (Å²) in [5, 5.41) is 11.1. The Morgan fingerprint density at radius 2 is 1.77 bits per heavy atom. The molecule has 2 atom stereocenters. The fraction of sp³-hybridized carbons (Fsp3) is 0.200. The van der Waals surface area contributed by atoms with E-state index in [1.165, 1.54) is 11.3 Å². The Morgan fingerprint density at radius 1 is 1.10 bits per heavy atom. The average molecular weight is 595 g/mol. The van der Waals surface area contributed by atoms with Gasteiger partial charge in [-0.3, -0.25) is 14.3 Å². The minimum atomic E-state index is -5.08. The van der Waals surface area contributed by atoms with Crippen LogP contribution >= 0.6 is 11.3 Å². The van der Waals surface area contributed by atoms with Crippen molar-refractivity contribution in [3.63, 3.8) is 0 Å². The van der Waals surface area contributed by atoms with Crippen LogP contribution in [0.25, 0.3) is 11.0 Å². The minimum absolute atomic E-state index is 0.0832. The first kappa shape index (κ1) is 28.8. The van der Waals surface area contributed by atoms with Gasteiger partial charge in [-0.25, -0.2) is 18.2 Å². The smallest absolute Gasteiger partial charge is 0.475 e. The van der Waals surface area contributed by atoms with Crippen LogP contribution in [0.2, 0.25) is 0 Å². The maximum absolute atomic E-state index is 12.8. The zero-order valence-electron chi connectivity index (χ0n) is 20.3. The summed E-state index contributed by atoms with van der Waals surface area (Å²) < 4.78 is 58.1. The molecule has 1 aliphatic heterocycles. The number of alkyl halides is 3. The van der Waals surface area contributed by atoms with Crippen LogP contribution in [0.3, 0.4) is 0 Å². The van der Waals surface area contributed by atoms with Gasteiger partial charge in [-0.1, -0.05) is 42.5 Å². The van der Waals surface area contributed by atoms with Gasteiger partial charge in [0.25, 0.3) is 5.91 Å². The maximum Gasteiger partial charge on any atom is 0.490 e. The predicted molar refractivity (Wildman–Crippen MR) is 139 cm³/mol. The number of nitrogens with one attached hydrogen (secondary N) is 3. The van der Waals surface area contributed by atoms with Crippen molar-refractivity contribution in [1.82, 2.24) is 20.0 Å². The molecule has 15 heteroatoms. The molecule has 2 amide bonds. The fourth-order valence-electron chi connectivity index (χ4n) is 3.94. The number of imidazole rings is 1. The second-order valence-corrected chi connectivity index (χ2v) is 11.5. The minimum Gasteiger partial charge on any atom is -0.475 e. The molecule has 0 saturated carbocycles. The predicted octanol–water partition coefficient (Wildman–Crippen LogP) is 3.86. The summed E-state index contributed by atoms with van der Waals surface area (Å²) in [6, 6.07) is 17.9. The summed E-state index contributed by atoms with van der Waals surface area (Å²) in [6.07, 6.45) is -4.72. The van der Waals surface area contributed by atoms with E-state index in [4.69, 9.17) is 9.90 Å². The fourth-order valence-corrected chi connectivity index (χ4v) is 6.00. The van der Waals surface area contributed by atoms with Crippen LogP contribution in [0.4, 0.5) is 13.2 Å². The van der Waals surface area contributed by atoms with Crippen molar-refractivity contribution in [3.8, 4) is 0 Å². The molecule has 1 fully saturated rings. The quantitative estimate of drug-likeness (QED) is 0.264.